The van der Waals surface area contributed by atoms with E-state index in [4.69, 9.17) is 10.5 Å². The zero-order chi connectivity index (χ0) is 15.4. The summed E-state index contributed by atoms with van der Waals surface area (Å²) >= 11 is 0. The highest BCUT2D eigenvalue weighted by atomic mass is 16.6. The lowest BCUT2D eigenvalue weighted by atomic mass is 10.0. The minimum absolute atomic E-state index is 0.00246. The van der Waals surface area contributed by atoms with E-state index in [9.17, 15) is 14.9 Å². The van der Waals surface area contributed by atoms with Crippen LogP contribution in [-0.4, -0.2) is 47.5 Å². The Labute approximate surface area is 122 Å². The number of carbonyl (C=O) groups is 1. The van der Waals surface area contributed by atoms with Crippen LogP contribution in [0, 0.1) is 16.0 Å². The third kappa shape index (κ3) is 3.66. The van der Waals surface area contributed by atoms with Crippen LogP contribution >= 0.6 is 0 Å². The molecule has 1 amide bonds. The van der Waals surface area contributed by atoms with Gasteiger partial charge >= 0.3 is 0 Å². The molecule has 1 aromatic rings. The van der Waals surface area contributed by atoms with Gasteiger partial charge in [-0.15, -0.1) is 0 Å². The second-order valence-corrected chi connectivity index (χ2v) is 5.15. The molecular formula is C13H18N4O4. The molecule has 0 aromatic carbocycles. The second kappa shape index (κ2) is 6.49. The Bertz CT molecular complexity index is 543. The number of nitro groups is 1. The fourth-order valence-electron chi connectivity index (χ4n) is 2.36. The van der Waals surface area contributed by atoms with Gasteiger partial charge in [0.25, 0.3) is 11.6 Å². The molecule has 8 nitrogen and oxygen atoms in total. The number of pyridine rings is 1. The van der Waals surface area contributed by atoms with Crippen LogP contribution in [0.2, 0.25) is 0 Å². The van der Waals surface area contributed by atoms with Gasteiger partial charge in [0.2, 0.25) is 0 Å². The molecule has 0 saturated carbocycles. The maximum Gasteiger partial charge on any atom is 0.288 e. The number of anilines is 1. The van der Waals surface area contributed by atoms with Gasteiger partial charge in [-0.3, -0.25) is 14.9 Å². The summed E-state index contributed by atoms with van der Waals surface area (Å²) < 4.78 is 5.38. The molecule has 114 valence electrons. The molecule has 1 aromatic heterocycles. The largest absolute Gasteiger partial charge is 0.383 e. The number of ether oxygens (including phenoxy) is 1. The molecule has 21 heavy (non-hydrogen) atoms. The third-order valence-corrected chi connectivity index (χ3v) is 3.48. The lowest BCUT2D eigenvalue weighted by Gasteiger charge is -2.27. The van der Waals surface area contributed by atoms with Crippen molar-refractivity contribution >= 4 is 17.4 Å². The van der Waals surface area contributed by atoms with Gasteiger partial charge in [0, 0.05) is 26.3 Å². The van der Waals surface area contributed by atoms with E-state index in [-0.39, 0.29) is 28.9 Å². The summed E-state index contributed by atoms with van der Waals surface area (Å²) in [6, 6.07) is 1.17. The minimum atomic E-state index is -0.599. The average Bonchev–Trinajstić information content (AvgIpc) is 2.47. The highest BCUT2D eigenvalue weighted by Crippen LogP contribution is 2.20. The quantitative estimate of drug-likeness (QED) is 0.656. The molecule has 0 spiro atoms. The molecule has 0 radical (unpaired) electrons. The van der Waals surface area contributed by atoms with Gasteiger partial charge in [0.05, 0.1) is 17.1 Å². The molecule has 2 N–H and O–H groups in total. The highest BCUT2D eigenvalue weighted by molar-refractivity contribution is 5.98. The zero-order valence-electron chi connectivity index (χ0n) is 11.8. The minimum Gasteiger partial charge on any atom is -0.383 e. The summed E-state index contributed by atoms with van der Waals surface area (Å²) in [6.07, 6.45) is 3.02. The first-order valence-electron chi connectivity index (χ1n) is 6.72. The Morgan fingerprint density at radius 3 is 3.05 bits per heavy atom. The van der Waals surface area contributed by atoms with Crippen LogP contribution < -0.4 is 5.73 Å². The van der Waals surface area contributed by atoms with Crippen molar-refractivity contribution < 1.29 is 14.5 Å². The van der Waals surface area contributed by atoms with Crippen LogP contribution in [0.1, 0.15) is 23.2 Å². The van der Waals surface area contributed by atoms with Crippen LogP contribution in [-0.2, 0) is 4.74 Å². The van der Waals surface area contributed by atoms with Gasteiger partial charge in [-0.05, 0) is 18.8 Å². The van der Waals surface area contributed by atoms with Crippen LogP contribution in [0.3, 0.4) is 0 Å². The van der Waals surface area contributed by atoms with Crippen molar-refractivity contribution in [2.45, 2.75) is 12.8 Å². The Hall–Kier alpha value is -2.22. The molecular weight excluding hydrogens is 276 g/mol. The predicted octanol–water partition coefficient (Wildman–Crippen LogP) is 1.07. The molecule has 2 heterocycles. The monoisotopic (exact) mass is 294 g/mol. The maximum atomic E-state index is 12.4. The first-order chi connectivity index (χ1) is 9.99. The van der Waals surface area contributed by atoms with Crippen LogP contribution in [0.15, 0.2) is 12.3 Å². The topological polar surface area (TPSA) is 112 Å². The van der Waals surface area contributed by atoms with Crippen molar-refractivity contribution in [3.05, 3.63) is 27.9 Å². The van der Waals surface area contributed by atoms with E-state index in [0.717, 1.165) is 25.6 Å². The number of nitrogens with zero attached hydrogens (tertiary/aromatic N) is 3. The molecule has 0 bridgehead atoms. The van der Waals surface area contributed by atoms with Crippen molar-refractivity contribution in [2.24, 2.45) is 5.92 Å². The van der Waals surface area contributed by atoms with Crippen LogP contribution in [0.4, 0.5) is 11.5 Å². The Morgan fingerprint density at radius 1 is 1.67 bits per heavy atom. The highest BCUT2D eigenvalue weighted by Gasteiger charge is 2.23. The maximum absolute atomic E-state index is 12.4. The van der Waals surface area contributed by atoms with Crippen LogP contribution in [0.5, 0.6) is 0 Å². The summed E-state index contributed by atoms with van der Waals surface area (Å²) in [5.74, 6) is -0.0906. The Balaban J connectivity index is 2.10. The average molecular weight is 294 g/mol. The fraction of sp³-hybridized carbons (Fsp3) is 0.538. The first-order valence-corrected chi connectivity index (χ1v) is 6.72. The van der Waals surface area contributed by atoms with E-state index in [2.05, 4.69) is 4.98 Å². The molecule has 8 heteroatoms. The van der Waals surface area contributed by atoms with Crippen molar-refractivity contribution in [1.29, 1.82) is 0 Å². The van der Waals surface area contributed by atoms with Gasteiger partial charge in [-0.1, -0.05) is 0 Å². The number of hydrogen-bond donors (Lipinski definition) is 1. The van der Waals surface area contributed by atoms with Crippen molar-refractivity contribution in [3.63, 3.8) is 0 Å². The summed E-state index contributed by atoms with van der Waals surface area (Å²) in [5.41, 5.74) is 5.47. The normalized spacial score (nSPS) is 18.2. The molecule has 2 rings (SSSR count). The zero-order valence-corrected chi connectivity index (χ0v) is 11.8. The van der Waals surface area contributed by atoms with Gasteiger partial charge in [0.1, 0.15) is 12.0 Å². The Kier molecular flexibility index (Phi) is 4.69. The predicted molar refractivity (Wildman–Crippen MR) is 75.8 cm³/mol. The van der Waals surface area contributed by atoms with Crippen molar-refractivity contribution in [1.82, 2.24) is 9.88 Å². The molecule has 1 unspecified atom stereocenters. The number of nitrogen functional groups attached to an aromatic ring is 1. The summed E-state index contributed by atoms with van der Waals surface area (Å²) in [6.45, 7) is 1.91. The summed E-state index contributed by atoms with van der Waals surface area (Å²) in [7, 11) is 1.65. The van der Waals surface area contributed by atoms with E-state index >= 15 is 0 Å². The van der Waals surface area contributed by atoms with Gasteiger partial charge in [-0.2, -0.15) is 0 Å². The molecule has 0 aliphatic carbocycles. The molecule has 1 atom stereocenters. The van der Waals surface area contributed by atoms with Gasteiger partial charge in [-0.25, -0.2) is 4.98 Å². The second-order valence-electron chi connectivity index (χ2n) is 5.15. The molecule has 1 aliphatic rings. The standard InChI is InChI=1S/C13H18N4O4/c1-16(7-9-3-2-4-21-8-9)13(18)11-5-10(17(19)20)6-15-12(11)14/h5-6,9H,2-4,7-8H2,1H3,(H2,14,15). The molecule has 1 fully saturated rings. The number of nitrogens with two attached hydrogens (primary N) is 1. The van der Waals surface area contributed by atoms with Gasteiger partial charge in [0.15, 0.2) is 0 Å². The number of amides is 1. The van der Waals surface area contributed by atoms with Gasteiger partial charge < -0.3 is 15.4 Å². The number of rotatable bonds is 4. The van der Waals surface area contributed by atoms with E-state index < -0.39 is 4.92 Å². The van der Waals surface area contributed by atoms with E-state index in [1.54, 1.807) is 7.05 Å². The lowest BCUT2D eigenvalue weighted by molar-refractivity contribution is -0.385. The van der Waals surface area contributed by atoms with Crippen molar-refractivity contribution in [3.8, 4) is 0 Å². The van der Waals surface area contributed by atoms with Crippen molar-refractivity contribution in [2.75, 3.05) is 32.5 Å². The third-order valence-electron chi connectivity index (χ3n) is 3.48. The first kappa shape index (κ1) is 15.2. The van der Waals surface area contributed by atoms with Crippen LogP contribution in [0.25, 0.3) is 0 Å². The van der Waals surface area contributed by atoms with E-state index in [1.807, 2.05) is 0 Å². The van der Waals surface area contributed by atoms with E-state index in [0.29, 0.717) is 13.2 Å². The fourth-order valence-corrected chi connectivity index (χ4v) is 2.36. The molecule has 1 aliphatic heterocycles. The number of hydrogen-bond acceptors (Lipinski definition) is 6. The molecule has 1 saturated heterocycles. The Morgan fingerprint density at radius 2 is 2.43 bits per heavy atom. The number of aromatic nitrogens is 1. The summed E-state index contributed by atoms with van der Waals surface area (Å²) in [5, 5.41) is 10.8. The summed E-state index contributed by atoms with van der Waals surface area (Å²) in [4.78, 5) is 27.7. The number of carbonyl (C=O) groups excluding carboxylic acids is 1. The smallest absolute Gasteiger partial charge is 0.288 e. The van der Waals surface area contributed by atoms with E-state index in [1.165, 1.54) is 11.0 Å². The SMILES string of the molecule is CN(CC1CCCOC1)C(=O)c1cc([N+](=O)[O-])cnc1N. The lowest BCUT2D eigenvalue weighted by Crippen LogP contribution is -2.35.